The molecule has 0 aliphatic heterocycles. The second-order valence-electron chi connectivity index (χ2n) is 9.31. The van der Waals surface area contributed by atoms with Crippen molar-refractivity contribution in [1.82, 2.24) is 0 Å². The molecule has 230 valence electrons. The normalized spacial score (nSPS) is 12.2. The number of ether oxygens (including phenoxy) is 1. The molecular weight excluding hydrogens is 626 g/mol. The van der Waals surface area contributed by atoms with Gasteiger partial charge in [0.25, 0.3) is 20.2 Å². The minimum absolute atomic E-state index is 0.101. The van der Waals surface area contributed by atoms with Gasteiger partial charge in [-0.1, -0.05) is 24.3 Å². The van der Waals surface area contributed by atoms with Crippen LogP contribution < -0.4 is 10.1 Å². The molecule has 5 aromatic rings. The zero-order valence-corrected chi connectivity index (χ0v) is 24.5. The fourth-order valence-electron chi connectivity index (χ4n) is 4.06. The van der Waals surface area contributed by atoms with Crippen LogP contribution in [0.25, 0.3) is 10.8 Å². The lowest BCUT2D eigenvalue weighted by Crippen LogP contribution is -2.08. The van der Waals surface area contributed by atoms with Gasteiger partial charge in [-0.25, -0.2) is 0 Å². The lowest BCUT2D eigenvalue weighted by atomic mass is 10.1. The number of nitrogens with zero attached hydrogens (tertiary/aromatic N) is 4. The summed E-state index contributed by atoms with van der Waals surface area (Å²) in [5.74, 6) is -0.377. The SMILES string of the molecule is O=S(=O)(O)c1cccc(N=Nc2ccc(N=Nc3c(S(=O)(=O)O)cc4cc(NCOc5ccccc5)ccc4c3O)c(O)c2)c1. The number of para-hydroxylation sites is 1. The molecule has 16 heteroatoms. The van der Waals surface area contributed by atoms with Crippen LogP contribution in [0.3, 0.4) is 0 Å². The van der Waals surface area contributed by atoms with Crippen LogP contribution in [0, 0.1) is 0 Å². The molecule has 0 aliphatic carbocycles. The van der Waals surface area contributed by atoms with E-state index in [2.05, 4.69) is 25.8 Å². The number of azo groups is 2. The van der Waals surface area contributed by atoms with Crippen molar-refractivity contribution in [2.24, 2.45) is 20.5 Å². The second-order valence-corrected chi connectivity index (χ2v) is 12.1. The summed E-state index contributed by atoms with van der Waals surface area (Å²) in [7, 11) is -9.32. The summed E-state index contributed by atoms with van der Waals surface area (Å²) in [6, 6.07) is 23.8. The average Bonchev–Trinajstić information content (AvgIpc) is 3.00. The van der Waals surface area contributed by atoms with E-state index in [1.807, 2.05) is 18.2 Å². The number of hydrogen-bond donors (Lipinski definition) is 5. The maximum Gasteiger partial charge on any atom is 0.296 e. The first-order valence-electron chi connectivity index (χ1n) is 12.8. The van der Waals surface area contributed by atoms with Crippen molar-refractivity contribution in [3.63, 3.8) is 0 Å². The molecule has 5 rings (SSSR count). The van der Waals surface area contributed by atoms with E-state index in [1.54, 1.807) is 24.3 Å². The number of anilines is 1. The maximum atomic E-state index is 12.2. The van der Waals surface area contributed by atoms with Gasteiger partial charge in [0.1, 0.15) is 27.8 Å². The fourth-order valence-corrected chi connectivity index (χ4v) is 5.24. The average molecular weight is 650 g/mol. The molecule has 5 N–H and O–H groups in total. The largest absolute Gasteiger partial charge is 0.506 e. The molecule has 14 nitrogen and oxygen atoms in total. The number of rotatable bonds is 10. The van der Waals surface area contributed by atoms with Gasteiger partial charge in [0.2, 0.25) is 0 Å². The molecule has 0 amide bonds. The maximum absolute atomic E-state index is 12.2. The van der Waals surface area contributed by atoms with Crippen LogP contribution in [-0.4, -0.2) is 42.9 Å². The highest BCUT2D eigenvalue weighted by Crippen LogP contribution is 2.43. The first kappa shape index (κ1) is 31.0. The number of benzene rings is 5. The van der Waals surface area contributed by atoms with Gasteiger partial charge in [-0.05, 0) is 72.1 Å². The number of hydrogen-bond acceptors (Lipinski definition) is 12. The summed E-state index contributed by atoms with van der Waals surface area (Å²) in [5.41, 5.74) is 0.0960. The quantitative estimate of drug-likeness (QED) is 0.0590. The Kier molecular flexibility index (Phi) is 8.73. The zero-order valence-electron chi connectivity index (χ0n) is 22.9. The van der Waals surface area contributed by atoms with Crippen LogP contribution in [0.2, 0.25) is 0 Å². The van der Waals surface area contributed by atoms with Crippen LogP contribution in [0.4, 0.5) is 28.4 Å². The first-order valence-corrected chi connectivity index (χ1v) is 15.7. The second kappa shape index (κ2) is 12.7. The van der Waals surface area contributed by atoms with E-state index in [9.17, 15) is 36.2 Å². The van der Waals surface area contributed by atoms with E-state index >= 15 is 0 Å². The van der Waals surface area contributed by atoms with Gasteiger partial charge in [0.15, 0.2) is 12.5 Å². The van der Waals surface area contributed by atoms with E-state index < -0.39 is 42.3 Å². The van der Waals surface area contributed by atoms with Crippen molar-refractivity contribution in [2.75, 3.05) is 12.0 Å². The summed E-state index contributed by atoms with van der Waals surface area (Å²) in [6.07, 6.45) is 0. The molecule has 0 unspecified atom stereocenters. The van der Waals surface area contributed by atoms with Crippen LogP contribution in [-0.2, 0) is 20.2 Å². The molecule has 5 aromatic carbocycles. The Bertz CT molecular complexity index is 2170. The summed E-state index contributed by atoms with van der Waals surface area (Å²) >= 11 is 0. The molecule has 0 bridgehead atoms. The van der Waals surface area contributed by atoms with Crippen molar-refractivity contribution in [3.8, 4) is 17.2 Å². The van der Waals surface area contributed by atoms with Gasteiger partial charge in [0.05, 0.1) is 16.3 Å². The van der Waals surface area contributed by atoms with Gasteiger partial charge in [-0.15, -0.1) is 10.2 Å². The van der Waals surface area contributed by atoms with E-state index in [0.29, 0.717) is 11.4 Å². The van der Waals surface area contributed by atoms with Crippen molar-refractivity contribution in [2.45, 2.75) is 9.79 Å². The molecule has 0 aliphatic rings. The monoisotopic (exact) mass is 649 g/mol. The van der Waals surface area contributed by atoms with Gasteiger partial charge < -0.3 is 20.3 Å². The topological polar surface area (TPSA) is 220 Å². The number of phenols is 2. The highest BCUT2D eigenvalue weighted by molar-refractivity contribution is 7.86. The van der Waals surface area contributed by atoms with E-state index in [-0.39, 0.29) is 39.5 Å². The summed E-state index contributed by atoms with van der Waals surface area (Å²) < 4.78 is 71.8. The van der Waals surface area contributed by atoms with Gasteiger partial charge in [0, 0.05) is 17.1 Å². The Hall–Kier alpha value is -5.42. The number of phenolic OH excluding ortho intramolecular Hbond substituents is 2. The molecule has 0 spiro atoms. The third-order valence-corrected chi connectivity index (χ3v) is 7.92. The standard InChI is InChI=1S/C29H23N5O9S2/c35-26-16-21(32-31-20-5-4-8-23(15-20)44(37,38)39)10-12-25(26)33-34-28-27(45(40,41)42)14-18-13-19(9-11-24(18)29(28)36)30-17-43-22-6-2-1-3-7-22/h1-16,30,35-36H,17H2,(H,37,38,39)(H,40,41,42). The predicted molar refractivity (Wildman–Crippen MR) is 164 cm³/mol. The van der Waals surface area contributed by atoms with E-state index in [0.717, 1.165) is 18.2 Å². The van der Waals surface area contributed by atoms with Crippen LogP contribution in [0.15, 0.2) is 127 Å². The Morgan fingerprint density at radius 1 is 0.689 bits per heavy atom. The van der Waals surface area contributed by atoms with Crippen molar-refractivity contribution >= 4 is 59.4 Å². The number of aromatic hydroxyl groups is 2. The Morgan fingerprint density at radius 2 is 1.42 bits per heavy atom. The number of fused-ring (bicyclic) bond motifs is 1. The number of nitrogens with one attached hydrogen (secondary N) is 1. The Morgan fingerprint density at radius 3 is 2.11 bits per heavy atom. The molecule has 0 heterocycles. The van der Waals surface area contributed by atoms with E-state index in [4.69, 9.17) is 4.74 Å². The van der Waals surface area contributed by atoms with Crippen LogP contribution in [0.1, 0.15) is 0 Å². The van der Waals surface area contributed by atoms with Gasteiger partial charge >= 0.3 is 0 Å². The van der Waals surface area contributed by atoms with Crippen LogP contribution >= 0.6 is 0 Å². The van der Waals surface area contributed by atoms with Crippen LogP contribution in [0.5, 0.6) is 17.2 Å². The fraction of sp³-hybridized carbons (Fsp3) is 0.0345. The van der Waals surface area contributed by atoms with Crippen molar-refractivity contribution in [3.05, 3.63) is 97.1 Å². The van der Waals surface area contributed by atoms with Crippen molar-refractivity contribution < 1.29 is 40.9 Å². The smallest absolute Gasteiger partial charge is 0.296 e. The third-order valence-electron chi connectivity index (χ3n) is 6.20. The molecule has 0 fully saturated rings. The molecule has 0 saturated carbocycles. The third kappa shape index (κ3) is 7.57. The first-order chi connectivity index (χ1) is 21.4. The van der Waals surface area contributed by atoms with E-state index in [1.165, 1.54) is 36.4 Å². The highest BCUT2D eigenvalue weighted by Gasteiger charge is 2.22. The molecule has 0 radical (unpaired) electrons. The molecule has 45 heavy (non-hydrogen) atoms. The Balaban J connectivity index is 1.39. The molecule has 0 saturated heterocycles. The highest BCUT2D eigenvalue weighted by atomic mass is 32.2. The minimum Gasteiger partial charge on any atom is -0.506 e. The minimum atomic E-state index is -4.88. The van der Waals surface area contributed by atoms with Gasteiger partial charge in [-0.3, -0.25) is 9.11 Å². The molecular formula is C29H23N5O9S2. The molecule has 0 aromatic heterocycles. The lowest BCUT2D eigenvalue weighted by Gasteiger charge is -2.12. The summed E-state index contributed by atoms with van der Waals surface area (Å²) in [6.45, 7) is 0.101. The summed E-state index contributed by atoms with van der Waals surface area (Å²) in [5, 5.41) is 40.3. The Labute approximate surface area is 256 Å². The zero-order chi connectivity index (χ0) is 32.2. The lowest BCUT2D eigenvalue weighted by molar-refractivity contribution is 0.347. The van der Waals surface area contributed by atoms with Gasteiger partial charge in [-0.2, -0.15) is 27.1 Å². The predicted octanol–water partition coefficient (Wildman–Crippen LogP) is 7.02. The van der Waals surface area contributed by atoms with Crippen molar-refractivity contribution in [1.29, 1.82) is 0 Å². The summed E-state index contributed by atoms with van der Waals surface area (Å²) in [4.78, 5) is -1.09. The molecule has 0 atom stereocenters.